The Morgan fingerprint density at radius 3 is 2.25 bits per heavy atom. The standard InChI is InChI=1S/C14H12Cl2N4/c15-10-6-7-12(16)11(8-10)13(19-20-14(17)18)9-4-2-1-3-5-9/h1-8H,(H4,17,18,20)/b19-13-. The smallest absolute Gasteiger partial charge is 0.211 e. The molecule has 0 fully saturated rings. The maximum atomic E-state index is 6.21. The van der Waals surface area contributed by atoms with Crippen molar-refractivity contribution >= 4 is 34.9 Å². The van der Waals surface area contributed by atoms with Gasteiger partial charge in [0.15, 0.2) is 0 Å². The summed E-state index contributed by atoms with van der Waals surface area (Å²) in [6.07, 6.45) is 0. The molecule has 2 aromatic rings. The fourth-order valence-corrected chi connectivity index (χ4v) is 2.03. The Kier molecular flexibility index (Phi) is 4.61. The predicted molar refractivity (Wildman–Crippen MR) is 84.4 cm³/mol. The van der Waals surface area contributed by atoms with Crippen molar-refractivity contribution in [1.82, 2.24) is 0 Å². The molecule has 0 spiro atoms. The van der Waals surface area contributed by atoms with Gasteiger partial charge in [0.25, 0.3) is 0 Å². The van der Waals surface area contributed by atoms with E-state index in [4.69, 9.17) is 34.7 Å². The van der Waals surface area contributed by atoms with Gasteiger partial charge in [0, 0.05) is 16.1 Å². The summed E-state index contributed by atoms with van der Waals surface area (Å²) < 4.78 is 0. The minimum absolute atomic E-state index is 0.128. The molecule has 0 aromatic heterocycles. The van der Waals surface area contributed by atoms with Crippen LogP contribution in [-0.2, 0) is 0 Å². The van der Waals surface area contributed by atoms with Gasteiger partial charge >= 0.3 is 0 Å². The highest BCUT2D eigenvalue weighted by Gasteiger charge is 2.11. The molecule has 4 nitrogen and oxygen atoms in total. The molecule has 0 radical (unpaired) electrons. The van der Waals surface area contributed by atoms with Gasteiger partial charge in [-0.25, -0.2) is 0 Å². The molecule has 0 unspecified atom stereocenters. The molecule has 0 atom stereocenters. The van der Waals surface area contributed by atoms with Gasteiger partial charge in [-0.2, -0.15) is 0 Å². The van der Waals surface area contributed by atoms with Crippen molar-refractivity contribution < 1.29 is 0 Å². The summed E-state index contributed by atoms with van der Waals surface area (Å²) in [5.74, 6) is -0.128. The molecule has 6 heteroatoms. The fraction of sp³-hybridized carbons (Fsp3) is 0. The minimum Gasteiger partial charge on any atom is -0.369 e. The Morgan fingerprint density at radius 2 is 1.60 bits per heavy atom. The third-order valence-corrected chi connectivity index (χ3v) is 3.06. The molecule has 0 amide bonds. The Labute approximate surface area is 126 Å². The highest BCUT2D eigenvalue weighted by atomic mass is 35.5. The van der Waals surface area contributed by atoms with Crippen LogP contribution in [0.15, 0.2) is 58.7 Å². The van der Waals surface area contributed by atoms with Crippen molar-refractivity contribution in [3.05, 3.63) is 69.7 Å². The molecule has 0 aliphatic carbocycles. The van der Waals surface area contributed by atoms with Crippen molar-refractivity contribution in [2.75, 3.05) is 0 Å². The van der Waals surface area contributed by atoms with E-state index in [-0.39, 0.29) is 5.96 Å². The van der Waals surface area contributed by atoms with Crippen LogP contribution in [0, 0.1) is 0 Å². The molecule has 102 valence electrons. The van der Waals surface area contributed by atoms with Gasteiger partial charge in [0.05, 0.1) is 5.02 Å². The van der Waals surface area contributed by atoms with Crippen molar-refractivity contribution in [1.29, 1.82) is 0 Å². The number of rotatable bonds is 3. The average molecular weight is 307 g/mol. The first-order valence-corrected chi connectivity index (χ1v) is 6.51. The number of hydrogen-bond donors (Lipinski definition) is 2. The first-order valence-electron chi connectivity index (χ1n) is 5.75. The molecular formula is C14H12Cl2N4. The van der Waals surface area contributed by atoms with Crippen LogP contribution in [-0.4, -0.2) is 11.7 Å². The minimum atomic E-state index is -0.128. The van der Waals surface area contributed by atoms with E-state index in [1.54, 1.807) is 18.2 Å². The highest BCUT2D eigenvalue weighted by molar-refractivity contribution is 6.37. The zero-order valence-electron chi connectivity index (χ0n) is 10.4. The van der Waals surface area contributed by atoms with Crippen molar-refractivity contribution in [2.45, 2.75) is 0 Å². The van der Waals surface area contributed by atoms with Crippen LogP contribution in [0.3, 0.4) is 0 Å². The van der Waals surface area contributed by atoms with Gasteiger partial charge in [-0.05, 0) is 18.2 Å². The molecule has 0 aliphatic rings. The molecule has 20 heavy (non-hydrogen) atoms. The second-order valence-corrected chi connectivity index (χ2v) is 4.81. The maximum absolute atomic E-state index is 6.21. The summed E-state index contributed by atoms with van der Waals surface area (Å²) in [6, 6.07) is 14.6. The molecule has 2 rings (SSSR count). The molecule has 0 saturated carbocycles. The third kappa shape index (κ3) is 3.50. The van der Waals surface area contributed by atoms with Crippen LogP contribution < -0.4 is 11.5 Å². The number of hydrogen-bond acceptors (Lipinski definition) is 2. The zero-order chi connectivity index (χ0) is 14.5. The van der Waals surface area contributed by atoms with E-state index < -0.39 is 0 Å². The summed E-state index contributed by atoms with van der Waals surface area (Å²) in [5, 5.41) is 8.85. The van der Waals surface area contributed by atoms with Gasteiger partial charge in [0.2, 0.25) is 5.96 Å². The van der Waals surface area contributed by atoms with Gasteiger partial charge in [-0.3, -0.25) is 0 Å². The van der Waals surface area contributed by atoms with Gasteiger partial charge < -0.3 is 11.5 Å². The molecule has 0 heterocycles. The fourth-order valence-electron chi connectivity index (χ4n) is 1.65. The van der Waals surface area contributed by atoms with Crippen LogP contribution in [0.25, 0.3) is 0 Å². The molecule has 0 saturated heterocycles. The lowest BCUT2D eigenvalue weighted by molar-refractivity contribution is 1.20. The van der Waals surface area contributed by atoms with E-state index >= 15 is 0 Å². The summed E-state index contributed by atoms with van der Waals surface area (Å²) in [6.45, 7) is 0. The van der Waals surface area contributed by atoms with E-state index in [2.05, 4.69) is 10.2 Å². The summed E-state index contributed by atoms with van der Waals surface area (Å²) >= 11 is 12.2. The van der Waals surface area contributed by atoms with Gasteiger partial charge in [-0.15, -0.1) is 10.2 Å². The molecule has 0 bridgehead atoms. The largest absolute Gasteiger partial charge is 0.369 e. The van der Waals surface area contributed by atoms with E-state index in [1.807, 2.05) is 30.3 Å². The van der Waals surface area contributed by atoms with E-state index in [0.717, 1.165) is 5.56 Å². The van der Waals surface area contributed by atoms with Crippen molar-refractivity contribution in [3.8, 4) is 0 Å². The van der Waals surface area contributed by atoms with Crippen molar-refractivity contribution in [3.63, 3.8) is 0 Å². The second kappa shape index (κ2) is 6.41. The predicted octanol–water partition coefficient (Wildman–Crippen LogP) is 3.02. The Bertz CT molecular complexity index is 662. The van der Waals surface area contributed by atoms with Crippen LogP contribution in [0.4, 0.5) is 0 Å². The zero-order valence-corrected chi connectivity index (χ0v) is 11.9. The van der Waals surface area contributed by atoms with E-state index in [9.17, 15) is 0 Å². The summed E-state index contributed by atoms with van der Waals surface area (Å²) in [5.41, 5.74) is 12.7. The SMILES string of the molecule is NC(N)=N/N=C(/c1ccccc1)c1cc(Cl)ccc1Cl. The average Bonchev–Trinajstić information content (AvgIpc) is 2.43. The maximum Gasteiger partial charge on any atom is 0.211 e. The molecule has 0 aliphatic heterocycles. The number of benzene rings is 2. The van der Waals surface area contributed by atoms with Crippen molar-refractivity contribution in [2.24, 2.45) is 21.7 Å². The van der Waals surface area contributed by atoms with Gasteiger partial charge in [-0.1, -0.05) is 53.5 Å². The second-order valence-electron chi connectivity index (χ2n) is 3.96. The molecular weight excluding hydrogens is 295 g/mol. The lowest BCUT2D eigenvalue weighted by atomic mass is 10.0. The normalized spacial score (nSPS) is 11.2. The first kappa shape index (κ1) is 14.4. The van der Waals surface area contributed by atoms with E-state index in [1.165, 1.54) is 0 Å². The Balaban J connectivity index is 2.61. The van der Waals surface area contributed by atoms with Gasteiger partial charge in [0.1, 0.15) is 5.71 Å². The molecule has 4 N–H and O–H groups in total. The lowest BCUT2D eigenvalue weighted by Crippen LogP contribution is -2.22. The summed E-state index contributed by atoms with van der Waals surface area (Å²) in [4.78, 5) is 0. The summed E-state index contributed by atoms with van der Waals surface area (Å²) in [7, 11) is 0. The number of guanidine groups is 1. The highest BCUT2D eigenvalue weighted by Crippen LogP contribution is 2.24. The lowest BCUT2D eigenvalue weighted by Gasteiger charge is -2.08. The first-order chi connectivity index (χ1) is 9.58. The van der Waals surface area contributed by atoms with Crippen LogP contribution in [0.2, 0.25) is 10.0 Å². The van der Waals surface area contributed by atoms with E-state index in [0.29, 0.717) is 21.3 Å². The van der Waals surface area contributed by atoms with Crippen LogP contribution in [0.1, 0.15) is 11.1 Å². The van der Waals surface area contributed by atoms with Crippen LogP contribution in [0.5, 0.6) is 0 Å². The Hall–Kier alpha value is -2.04. The number of halogens is 2. The molecule has 2 aromatic carbocycles. The topological polar surface area (TPSA) is 76.8 Å². The quantitative estimate of drug-likeness (QED) is 0.519. The number of nitrogens with zero attached hydrogens (tertiary/aromatic N) is 2. The third-order valence-electron chi connectivity index (χ3n) is 2.50. The Morgan fingerprint density at radius 1 is 0.900 bits per heavy atom. The van der Waals surface area contributed by atoms with Crippen LogP contribution >= 0.6 is 23.2 Å². The monoisotopic (exact) mass is 306 g/mol. The number of nitrogens with two attached hydrogens (primary N) is 2.